The molecule has 2 unspecified atom stereocenters. The van der Waals surface area contributed by atoms with E-state index in [2.05, 4.69) is 31.4 Å². The third-order valence-electron chi connectivity index (χ3n) is 3.42. The topological polar surface area (TPSA) is 97.0 Å². The van der Waals surface area contributed by atoms with E-state index in [-0.39, 0.29) is 12.3 Å². The maximum Gasteiger partial charge on any atom is 0.408 e. The van der Waals surface area contributed by atoms with Gasteiger partial charge in [-0.05, 0) is 32.3 Å². The van der Waals surface area contributed by atoms with Gasteiger partial charge in [0.05, 0.1) is 13.2 Å². The molecule has 1 fully saturated rings. The molecule has 1 aliphatic heterocycles. The Balaban J connectivity index is 0.000000960. The molecule has 1 aliphatic rings. The largest absolute Gasteiger partial charge is 0.444 e. The van der Waals surface area contributed by atoms with Gasteiger partial charge in [0.1, 0.15) is 17.7 Å². The number of carbonyl (C=O) groups excluding carboxylic acids is 3. The summed E-state index contributed by atoms with van der Waals surface area (Å²) in [5, 5.41) is 5.13. The van der Waals surface area contributed by atoms with E-state index in [0.29, 0.717) is 13.0 Å². The van der Waals surface area contributed by atoms with Gasteiger partial charge in [0, 0.05) is 6.42 Å². The van der Waals surface area contributed by atoms with E-state index in [1.54, 1.807) is 20.8 Å². The quantitative estimate of drug-likeness (QED) is 0.679. The zero-order valence-electron chi connectivity index (χ0n) is 18.3. The van der Waals surface area contributed by atoms with Crippen molar-refractivity contribution in [3.8, 4) is 0 Å². The second-order valence-electron chi connectivity index (χ2n) is 8.63. The molecule has 0 radical (unpaired) electrons. The van der Waals surface area contributed by atoms with E-state index >= 15 is 0 Å². The number of nitrogens with one attached hydrogen (secondary N) is 2. The molecule has 2 atom stereocenters. The molecule has 2 amide bonds. The number of hydrogen-bond donors (Lipinski definition) is 2. The number of rotatable bonds is 7. The Morgan fingerprint density at radius 3 is 2.17 bits per heavy atom. The normalized spacial score (nSPS) is 16.2. The molecule has 7 nitrogen and oxygen atoms in total. The average Bonchev–Trinajstić information content (AvgIpc) is 3.42. The second kappa shape index (κ2) is 11.6. The standard InChI is InChI=1S/C18H24N2O5.C4H10/c1-18(2,3)25-17(23)20-13(9-12-7-5-4-6-8-12)16(22)19-10-14(21)15-11-24-15;1-4(2)3/h4-8,13,15H,9-11H2,1-3H3,(H,19,22)(H,20,23);4H,1-3H3. The van der Waals surface area contributed by atoms with Gasteiger partial charge < -0.3 is 20.1 Å². The smallest absolute Gasteiger partial charge is 0.408 e. The summed E-state index contributed by atoms with van der Waals surface area (Å²) in [5.74, 6) is 0.216. The summed E-state index contributed by atoms with van der Waals surface area (Å²) in [6.45, 7) is 12.0. The molecule has 2 N–H and O–H groups in total. The van der Waals surface area contributed by atoms with Gasteiger partial charge in [-0.3, -0.25) is 9.59 Å². The lowest BCUT2D eigenvalue weighted by Gasteiger charge is -2.23. The number of epoxide rings is 1. The minimum atomic E-state index is -0.842. The lowest BCUT2D eigenvalue weighted by atomic mass is 10.1. The summed E-state index contributed by atoms with van der Waals surface area (Å²) in [5.41, 5.74) is 0.215. The molecule has 7 heteroatoms. The fourth-order valence-electron chi connectivity index (χ4n) is 2.15. The van der Waals surface area contributed by atoms with Crippen molar-refractivity contribution in [3.63, 3.8) is 0 Å². The lowest BCUT2D eigenvalue weighted by molar-refractivity contribution is -0.126. The van der Waals surface area contributed by atoms with Crippen LogP contribution in [0.3, 0.4) is 0 Å². The molecule has 1 saturated heterocycles. The second-order valence-corrected chi connectivity index (χ2v) is 8.63. The fraction of sp³-hybridized carbons (Fsp3) is 0.591. The van der Waals surface area contributed by atoms with Crippen LogP contribution in [-0.4, -0.2) is 48.7 Å². The van der Waals surface area contributed by atoms with Gasteiger partial charge in [0.2, 0.25) is 5.91 Å². The Morgan fingerprint density at radius 2 is 1.69 bits per heavy atom. The zero-order valence-corrected chi connectivity index (χ0v) is 18.3. The summed E-state index contributed by atoms with van der Waals surface area (Å²) >= 11 is 0. The van der Waals surface area contributed by atoms with Crippen LogP contribution >= 0.6 is 0 Å². The highest BCUT2D eigenvalue weighted by Crippen LogP contribution is 2.10. The average molecular weight is 407 g/mol. The Bertz CT molecular complexity index is 661. The summed E-state index contributed by atoms with van der Waals surface area (Å²) in [6, 6.07) is 8.46. The van der Waals surface area contributed by atoms with Gasteiger partial charge in [0.25, 0.3) is 0 Å². The van der Waals surface area contributed by atoms with Crippen LogP contribution in [0, 0.1) is 5.92 Å². The van der Waals surface area contributed by atoms with Gasteiger partial charge in [-0.25, -0.2) is 4.79 Å². The molecule has 0 bridgehead atoms. The Kier molecular flexibility index (Phi) is 9.81. The number of amides is 2. The first-order chi connectivity index (χ1) is 13.5. The maximum atomic E-state index is 12.4. The summed E-state index contributed by atoms with van der Waals surface area (Å²) in [6.07, 6.45) is -0.799. The number of carbonyl (C=O) groups is 3. The fourth-order valence-corrected chi connectivity index (χ4v) is 2.15. The van der Waals surface area contributed by atoms with Crippen LogP contribution in [0.2, 0.25) is 0 Å². The zero-order chi connectivity index (χ0) is 22.0. The first-order valence-electron chi connectivity index (χ1n) is 9.93. The predicted octanol–water partition coefficient (Wildman–Crippen LogP) is 2.87. The molecule has 1 aromatic carbocycles. The molecule has 1 aromatic rings. The Morgan fingerprint density at radius 1 is 1.14 bits per heavy atom. The van der Waals surface area contributed by atoms with Crippen molar-refractivity contribution in [2.24, 2.45) is 5.92 Å². The van der Waals surface area contributed by atoms with Crippen LogP contribution in [0.1, 0.15) is 47.1 Å². The van der Waals surface area contributed by atoms with Crippen molar-refractivity contribution in [2.75, 3.05) is 13.2 Å². The van der Waals surface area contributed by atoms with Crippen LogP contribution in [0.5, 0.6) is 0 Å². The van der Waals surface area contributed by atoms with Crippen molar-refractivity contribution in [1.29, 1.82) is 0 Å². The molecular formula is C22H34N2O5. The van der Waals surface area contributed by atoms with Crippen molar-refractivity contribution >= 4 is 17.8 Å². The third kappa shape index (κ3) is 11.9. The molecule has 162 valence electrons. The highest BCUT2D eigenvalue weighted by molar-refractivity contribution is 5.92. The van der Waals surface area contributed by atoms with Crippen LogP contribution < -0.4 is 10.6 Å². The number of ketones is 1. The SMILES string of the molecule is CC(C)(C)OC(=O)NC(Cc1ccccc1)C(=O)NCC(=O)C1CO1.CC(C)C. The molecule has 29 heavy (non-hydrogen) atoms. The number of Topliss-reactive ketones (excluding diaryl/α,β-unsaturated/α-hetero) is 1. The molecular weight excluding hydrogens is 372 g/mol. The first-order valence-corrected chi connectivity index (χ1v) is 9.93. The lowest BCUT2D eigenvalue weighted by Crippen LogP contribution is -2.50. The molecule has 1 heterocycles. The highest BCUT2D eigenvalue weighted by atomic mass is 16.6. The first kappa shape index (κ1) is 24.6. The van der Waals surface area contributed by atoms with Gasteiger partial charge in [0.15, 0.2) is 5.78 Å². The van der Waals surface area contributed by atoms with Gasteiger partial charge >= 0.3 is 6.09 Å². The monoisotopic (exact) mass is 406 g/mol. The van der Waals surface area contributed by atoms with Crippen molar-refractivity contribution < 1.29 is 23.9 Å². The van der Waals surface area contributed by atoms with E-state index < -0.39 is 29.7 Å². The number of ether oxygens (including phenoxy) is 2. The third-order valence-corrected chi connectivity index (χ3v) is 3.42. The van der Waals surface area contributed by atoms with Crippen LogP contribution in [0.4, 0.5) is 4.79 Å². The molecule has 0 aromatic heterocycles. The van der Waals surface area contributed by atoms with E-state index in [4.69, 9.17) is 9.47 Å². The van der Waals surface area contributed by atoms with Crippen molar-refractivity contribution in [3.05, 3.63) is 35.9 Å². The van der Waals surface area contributed by atoms with Crippen LogP contribution in [0.25, 0.3) is 0 Å². The minimum Gasteiger partial charge on any atom is -0.444 e. The van der Waals surface area contributed by atoms with E-state index in [1.807, 2.05) is 30.3 Å². The molecule has 0 spiro atoms. The van der Waals surface area contributed by atoms with Crippen LogP contribution in [-0.2, 0) is 25.5 Å². The maximum absolute atomic E-state index is 12.4. The van der Waals surface area contributed by atoms with E-state index in [0.717, 1.165) is 11.5 Å². The minimum absolute atomic E-state index is 0.120. The van der Waals surface area contributed by atoms with Gasteiger partial charge in [-0.1, -0.05) is 51.1 Å². The van der Waals surface area contributed by atoms with E-state index in [1.165, 1.54) is 0 Å². The summed E-state index contributed by atoms with van der Waals surface area (Å²) in [7, 11) is 0. The van der Waals surface area contributed by atoms with Crippen molar-refractivity contribution in [1.82, 2.24) is 10.6 Å². The highest BCUT2D eigenvalue weighted by Gasteiger charge is 2.32. The Hall–Kier alpha value is -2.41. The molecule has 0 aliphatic carbocycles. The van der Waals surface area contributed by atoms with Gasteiger partial charge in [-0.15, -0.1) is 0 Å². The van der Waals surface area contributed by atoms with Crippen LogP contribution in [0.15, 0.2) is 30.3 Å². The molecule has 2 rings (SSSR count). The summed E-state index contributed by atoms with van der Waals surface area (Å²) < 4.78 is 10.1. The Labute approximate surface area is 173 Å². The predicted molar refractivity (Wildman–Crippen MR) is 112 cm³/mol. The number of alkyl carbamates (subject to hydrolysis) is 1. The number of benzene rings is 1. The van der Waals surface area contributed by atoms with Crippen molar-refractivity contribution in [2.45, 2.75) is 65.7 Å². The summed E-state index contributed by atoms with van der Waals surface area (Å²) in [4.78, 5) is 36.1. The van der Waals surface area contributed by atoms with E-state index in [9.17, 15) is 14.4 Å². The molecule has 0 saturated carbocycles. The number of hydrogen-bond acceptors (Lipinski definition) is 5. The van der Waals surface area contributed by atoms with Gasteiger partial charge in [-0.2, -0.15) is 0 Å².